The van der Waals surface area contributed by atoms with Crippen molar-refractivity contribution in [3.05, 3.63) is 34.9 Å². The van der Waals surface area contributed by atoms with Gasteiger partial charge in [-0.2, -0.15) is 0 Å². The van der Waals surface area contributed by atoms with Gasteiger partial charge in [-0.25, -0.2) is 0 Å². The van der Waals surface area contributed by atoms with E-state index >= 15 is 0 Å². The van der Waals surface area contributed by atoms with Crippen LogP contribution in [0.25, 0.3) is 0 Å². The molecule has 0 saturated carbocycles. The molecule has 0 amide bonds. The summed E-state index contributed by atoms with van der Waals surface area (Å²) < 4.78 is 5.88. The zero-order valence-electron chi connectivity index (χ0n) is 10.5. The minimum atomic E-state index is 0.0517. The smallest absolute Gasteiger partial charge is 0.0935 e. The topological polar surface area (TPSA) is 9.23 Å². The van der Waals surface area contributed by atoms with E-state index in [1.54, 1.807) is 0 Å². The van der Waals surface area contributed by atoms with Crippen LogP contribution in [0.15, 0.2) is 24.3 Å². The molecule has 0 saturated heterocycles. The summed E-state index contributed by atoms with van der Waals surface area (Å²) >= 11 is 9.64. The van der Waals surface area contributed by atoms with Crippen LogP contribution < -0.4 is 0 Å². The van der Waals surface area contributed by atoms with E-state index < -0.39 is 0 Å². The first-order valence-electron chi connectivity index (χ1n) is 6.07. The molecular formula is C14H20BrClO. The van der Waals surface area contributed by atoms with Crippen LogP contribution in [0.1, 0.15) is 38.4 Å². The summed E-state index contributed by atoms with van der Waals surface area (Å²) in [4.78, 5) is 0. The molecule has 0 spiro atoms. The third kappa shape index (κ3) is 5.41. The molecule has 0 bridgehead atoms. The Morgan fingerprint density at radius 1 is 1.29 bits per heavy atom. The van der Waals surface area contributed by atoms with Crippen molar-refractivity contribution < 1.29 is 4.74 Å². The summed E-state index contributed by atoms with van der Waals surface area (Å²) in [7, 11) is 0. The molecule has 0 aliphatic heterocycles. The van der Waals surface area contributed by atoms with Crippen LogP contribution in [0.2, 0.25) is 5.02 Å². The van der Waals surface area contributed by atoms with Crippen LogP contribution in [-0.2, 0) is 4.74 Å². The van der Waals surface area contributed by atoms with Crippen molar-refractivity contribution in [1.29, 1.82) is 0 Å². The molecule has 1 nitrogen and oxygen atoms in total. The lowest BCUT2D eigenvalue weighted by molar-refractivity contribution is 0.0655. The maximum atomic E-state index is 6.16. The minimum absolute atomic E-state index is 0.0517. The van der Waals surface area contributed by atoms with Crippen molar-refractivity contribution >= 4 is 27.5 Å². The van der Waals surface area contributed by atoms with Crippen molar-refractivity contribution in [2.75, 3.05) is 11.9 Å². The Hall–Kier alpha value is -0.0500. The Balaban J connectivity index is 2.46. The second-order valence-electron chi connectivity index (χ2n) is 4.57. The van der Waals surface area contributed by atoms with E-state index in [9.17, 15) is 0 Å². The molecule has 0 aromatic heterocycles. The van der Waals surface area contributed by atoms with Gasteiger partial charge in [0.15, 0.2) is 0 Å². The average Bonchev–Trinajstić information content (AvgIpc) is 2.30. The Morgan fingerprint density at radius 3 is 2.59 bits per heavy atom. The Labute approximate surface area is 118 Å². The molecule has 0 fully saturated rings. The maximum Gasteiger partial charge on any atom is 0.0935 e. The highest BCUT2D eigenvalue weighted by molar-refractivity contribution is 9.09. The first-order valence-corrected chi connectivity index (χ1v) is 7.57. The van der Waals surface area contributed by atoms with E-state index in [2.05, 4.69) is 29.8 Å². The largest absolute Gasteiger partial charge is 0.373 e. The van der Waals surface area contributed by atoms with Gasteiger partial charge in [0.1, 0.15) is 0 Å². The predicted octanol–water partition coefficient (Wildman–Crippen LogP) is 5.23. The Kier molecular flexibility index (Phi) is 7.17. The lowest BCUT2D eigenvalue weighted by Gasteiger charge is -2.17. The zero-order chi connectivity index (χ0) is 12.7. The molecule has 1 rings (SSSR count). The molecule has 1 aromatic carbocycles. The van der Waals surface area contributed by atoms with Gasteiger partial charge < -0.3 is 4.74 Å². The lowest BCUT2D eigenvalue weighted by atomic mass is 10.1. The van der Waals surface area contributed by atoms with Crippen LogP contribution in [0.4, 0.5) is 0 Å². The fourth-order valence-electron chi connectivity index (χ4n) is 1.67. The van der Waals surface area contributed by atoms with Gasteiger partial charge in [0.05, 0.1) is 6.10 Å². The van der Waals surface area contributed by atoms with Crippen molar-refractivity contribution in [3.8, 4) is 0 Å². The van der Waals surface area contributed by atoms with Crippen LogP contribution in [0, 0.1) is 5.92 Å². The van der Waals surface area contributed by atoms with E-state index in [0.717, 1.165) is 34.9 Å². The van der Waals surface area contributed by atoms with Gasteiger partial charge in [-0.05, 0) is 24.8 Å². The number of hydrogen-bond acceptors (Lipinski definition) is 1. The number of halogens is 2. The molecular weight excluding hydrogens is 300 g/mol. The first kappa shape index (κ1) is 15.0. The molecule has 3 heteroatoms. The minimum Gasteiger partial charge on any atom is -0.373 e. The highest BCUT2D eigenvalue weighted by Gasteiger charge is 2.13. The van der Waals surface area contributed by atoms with Gasteiger partial charge in [-0.1, -0.05) is 59.6 Å². The van der Waals surface area contributed by atoms with Crippen LogP contribution in [0.3, 0.4) is 0 Å². The van der Waals surface area contributed by atoms with Crippen molar-refractivity contribution in [3.63, 3.8) is 0 Å². The summed E-state index contributed by atoms with van der Waals surface area (Å²) in [6.45, 7) is 5.26. The molecule has 17 heavy (non-hydrogen) atoms. The van der Waals surface area contributed by atoms with Crippen molar-refractivity contribution in [1.82, 2.24) is 0 Å². The van der Waals surface area contributed by atoms with Gasteiger partial charge in [0, 0.05) is 22.5 Å². The highest BCUT2D eigenvalue weighted by atomic mass is 79.9. The zero-order valence-corrected chi connectivity index (χ0v) is 12.8. The van der Waals surface area contributed by atoms with E-state index in [1.165, 1.54) is 6.42 Å². The van der Waals surface area contributed by atoms with E-state index in [-0.39, 0.29) is 6.10 Å². The van der Waals surface area contributed by atoms with Crippen LogP contribution >= 0.6 is 27.5 Å². The SMILES string of the molecule is CC(C)CCCOC(CBr)c1ccccc1Cl. The monoisotopic (exact) mass is 318 g/mol. The molecule has 96 valence electrons. The number of ether oxygens (including phenoxy) is 1. The van der Waals surface area contributed by atoms with Gasteiger partial charge >= 0.3 is 0 Å². The first-order chi connectivity index (χ1) is 8.15. The molecule has 0 aliphatic carbocycles. The van der Waals surface area contributed by atoms with Gasteiger partial charge in [-0.3, -0.25) is 0 Å². The molecule has 0 heterocycles. The second kappa shape index (κ2) is 8.12. The second-order valence-corrected chi connectivity index (χ2v) is 5.63. The van der Waals surface area contributed by atoms with Gasteiger partial charge in [0.2, 0.25) is 0 Å². The maximum absolute atomic E-state index is 6.16. The molecule has 1 atom stereocenters. The quantitative estimate of drug-likeness (QED) is 0.494. The van der Waals surface area contributed by atoms with E-state index in [1.807, 2.05) is 24.3 Å². The Bertz CT molecular complexity index is 328. The molecule has 0 radical (unpaired) electrons. The van der Waals surface area contributed by atoms with Crippen molar-refractivity contribution in [2.45, 2.75) is 32.8 Å². The fraction of sp³-hybridized carbons (Fsp3) is 0.571. The number of alkyl halides is 1. The summed E-state index contributed by atoms with van der Waals surface area (Å²) in [6, 6.07) is 7.87. The highest BCUT2D eigenvalue weighted by Crippen LogP contribution is 2.27. The molecule has 1 unspecified atom stereocenters. The van der Waals surface area contributed by atoms with E-state index in [4.69, 9.17) is 16.3 Å². The van der Waals surface area contributed by atoms with Crippen LogP contribution in [0.5, 0.6) is 0 Å². The molecule has 0 N–H and O–H groups in total. The normalized spacial score (nSPS) is 13.0. The third-order valence-electron chi connectivity index (χ3n) is 2.64. The van der Waals surface area contributed by atoms with E-state index in [0.29, 0.717) is 0 Å². The summed E-state index contributed by atoms with van der Waals surface area (Å²) in [5, 5.41) is 1.55. The molecule has 1 aromatic rings. The van der Waals surface area contributed by atoms with Crippen LogP contribution in [-0.4, -0.2) is 11.9 Å². The predicted molar refractivity (Wildman–Crippen MR) is 78.0 cm³/mol. The fourth-order valence-corrected chi connectivity index (χ4v) is 2.46. The standard InChI is InChI=1S/C14H20BrClO/c1-11(2)6-5-9-17-14(10-15)12-7-3-4-8-13(12)16/h3-4,7-8,11,14H,5-6,9-10H2,1-2H3. The Morgan fingerprint density at radius 2 is 2.00 bits per heavy atom. The summed E-state index contributed by atoms with van der Waals surface area (Å²) in [5.74, 6) is 0.737. The summed E-state index contributed by atoms with van der Waals surface area (Å²) in [6.07, 6.45) is 2.36. The molecule has 0 aliphatic rings. The summed E-state index contributed by atoms with van der Waals surface area (Å²) in [5.41, 5.74) is 1.07. The van der Waals surface area contributed by atoms with Gasteiger partial charge in [-0.15, -0.1) is 0 Å². The number of rotatable bonds is 7. The third-order valence-corrected chi connectivity index (χ3v) is 3.57. The average molecular weight is 320 g/mol. The van der Waals surface area contributed by atoms with Gasteiger partial charge in [0.25, 0.3) is 0 Å². The van der Waals surface area contributed by atoms with Crippen molar-refractivity contribution in [2.24, 2.45) is 5.92 Å². The number of benzene rings is 1. The number of hydrogen-bond donors (Lipinski definition) is 0. The lowest BCUT2D eigenvalue weighted by Crippen LogP contribution is -2.08.